The highest BCUT2D eigenvalue weighted by molar-refractivity contribution is 5.94. The van der Waals surface area contributed by atoms with E-state index in [2.05, 4.69) is 10.3 Å². The Morgan fingerprint density at radius 3 is 2.71 bits per heavy atom. The van der Waals surface area contributed by atoms with E-state index in [1.165, 1.54) is 6.07 Å². The molecule has 2 aromatic carbocycles. The second-order valence-corrected chi connectivity index (χ2v) is 8.29. The molecule has 1 amide bonds. The van der Waals surface area contributed by atoms with Crippen molar-refractivity contribution in [1.29, 1.82) is 0 Å². The molecule has 0 aliphatic heterocycles. The van der Waals surface area contributed by atoms with Crippen LogP contribution in [0.25, 0.3) is 11.5 Å². The van der Waals surface area contributed by atoms with Crippen molar-refractivity contribution in [3.8, 4) is 23.0 Å². The van der Waals surface area contributed by atoms with Gasteiger partial charge in [-0.3, -0.25) is 4.79 Å². The summed E-state index contributed by atoms with van der Waals surface area (Å²) in [6.07, 6.45) is 2.82. The maximum absolute atomic E-state index is 13.9. The maximum atomic E-state index is 13.9. The van der Waals surface area contributed by atoms with E-state index in [1.54, 1.807) is 25.3 Å². The van der Waals surface area contributed by atoms with Crippen molar-refractivity contribution in [2.24, 2.45) is 11.7 Å². The Bertz CT molecular complexity index is 1180. The number of carbonyl (C=O) groups excluding carboxylic acids is 1. The monoisotopic (exact) mass is 471 g/mol. The number of halogens is 2. The predicted octanol–water partition coefficient (Wildman–Crippen LogP) is 4.76. The van der Waals surface area contributed by atoms with Gasteiger partial charge in [0.2, 0.25) is 5.89 Å². The number of carbonyl (C=O) groups is 1. The van der Waals surface area contributed by atoms with Crippen LogP contribution in [0.4, 0.5) is 8.78 Å². The number of methoxy groups -OCH3 is 1. The third-order valence-electron chi connectivity index (χ3n) is 5.68. The van der Waals surface area contributed by atoms with Crippen LogP contribution in [0.2, 0.25) is 0 Å². The largest absolute Gasteiger partial charge is 0.493 e. The second-order valence-electron chi connectivity index (χ2n) is 8.29. The summed E-state index contributed by atoms with van der Waals surface area (Å²) in [5.41, 5.74) is 6.94. The zero-order chi connectivity index (χ0) is 24.2. The molecule has 1 aromatic heterocycles. The summed E-state index contributed by atoms with van der Waals surface area (Å²) < 4.78 is 44.3. The fourth-order valence-corrected chi connectivity index (χ4v) is 3.39. The van der Waals surface area contributed by atoms with Crippen molar-refractivity contribution in [2.75, 3.05) is 13.7 Å². The van der Waals surface area contributed by atoms with Crippen molar-refractivity contribution >= 4 is 5.91 Å². The quantitative estimate of drug-likeness (QED) is 0.442. The lowest BCUT2D eigenvalue weighted by Gasteiger charge is -2.11. The van der Waals surface area contributed by atoms with E-state index < -0.39 is 23.6 Å². The zero-order valence-electron chi connectivity index (χ0n) is 19.1. The van der Waals surface area contributed by atoms with Gasteiger partial charge in [-0.15, -0.1) is 0 Å². The summed E-state index contributed by atoms with van der Waals surface area (Å²) in [5, 5.41) is 2.60. The van der Waals surface area contributed by atoms with Crippen molar-refractivity contribution in [3.05, 3.63) is 65.1 Å². The van der Waals surface area contributed by atoms with Crippen LogP contribution in [0.1, 0.15) is 54.0 Å². The minimum Gasteiger partial charge on any atom is -0.493 e. The van der Waals surface area contributed by atoms with Gasteiger partial charge in [-0.2, -0.15) is 0 Å². The molecular formula is C25H27F2N3O4. The predicted molar refractivity (Wildman–Crippen MR) is 121 cm³/mol. The number of aromatic nitrogens is 1. The molecule has 1 fully saturated rings. The summed E-state index contributed by atoms with van der Waals surface area (Å²) in [7, 11) is 1.56. The first-order valence-electron chi connectivity index (χ1n) is 11.2. The van der Waals surface area contributed by atoms with Crippen LogP contribution in [0, 0.1) is 17.6 Å². The zero-order valence-corrected chi connectivity index (χ0v) is 19.1. The van der Waals surface area contributed by atoms with Crippen molar-refractivity contribution in [1.82, 2.24) is 10.3 Å². The molecule has 0 unspecified atom stereocenters. The Morgan fingerprint density at radius 2 is 2.03 bits per heavy atom. The number of nitrogens with zero attached hydrogens (tertiary/aromatic N) is 1. The molecule has 34 heavy (non-hydrogen) atoms. The van der Waals surface area contributed by atoms with Crippen LogP contribution in [-0.4, -0.2) is 24.6 Å². The third kappa shape index (κ3) is 5.36. The second kappa shape index (κ2) is 10.2. The van der Waals surface area contributed by atoms with E-state index in [9.17, 15) is 13.6 Å². The Kier molecular flexibility index (Phi) is 7.12. The summed E-state index contributed by atoms with van der Waals surface area (Å²) in [5.74, 6) is 0.127. The van der Waals surface area contributed by atoms with Crippen LogP contribution in [0.5, 0.6) is 11.5 Å². The van der Waals surface area contributed by atoms with E-state index in [1.807, 2.05) is 6.92 Å². The molecule has 9 heteroatoms. The highest BCUT2D eigenvalue weighted by Crippen LogP contribution is 2.36. The van der Waals surface area contributed by atoms with Crippen molar-refractivity contribution in [2.45, 2.75) is 38.8 Å². The SMILES string of the molecule is CC[C@H](N)c1oc(-c2ccc(OC)c(OCC3CC3)c2)nc1C(=O)NCc1ccc(F)cc1F. The highest BCUT2D eigenvalue weighted by Gasteiger charge is 2.26. The molecule has 4 rings (SSSR count). The van der Waals surface area contributed by atoms with E-state index in [0.29, 0.717) is 36.0 Å². The van der Waals surface area contributed by atoms with Crippen LogP contribution >= 0.6 is 0 Å². The van der Waals surface area contributed by atoms with E-state index in [4.69, 9.17) is 19.6 Å². The third-order valence-corrected chi connectivity index (χ3v) is 5.68. The number of nitrogens with two attached hydrogens (primary N) is 1. The number of ether oxygens (including phenoxy) is 2. The molecule has 180 valence electrons. The topological polar surface area (TPSA) is 99.6 Å². The average Bonchev–Trinajstić information content (AvgIpc) is 3.56. The van der Waals surface area contributed by atoms with Gasteiger partial charge < -0.3 is 24.9 Å². The molecule has 0 spiro atoms. The molecule has 0 bridgehead atoms. The lowest BCUT2D eigenvalue weighted by atomic mass is 10.1. The summed E-state index contributed by atoms with van der Waals surface area (Å²) in [4.78, 5) is 17.3. The van der Waals surface area contributed by atoms with Crippen LogP contribution < -0.4 is 20.5 Å². The first-order valence-corrected chi connectivity index (χ1v) is 11.2. The molecule has 3 N–H and O–H groups in total. The molecule has 0 saturated heterocycles. The van der Waals surface area contributed by atoms with Gasteiger partial charge in [-0.1, -0.05) is 13.0 Å². The molecule has 7 nitrogen and oxygen atoms in total. The Morgan fingerprint density at radius 1 is 1.24 bits per heavy atom. The molecule has 1 atom stereocenters. The molecule has 1 aliphatic carbocycles. The molecule has 1 heterocycles. The normalized spacial score (nSPS) is 14.0. The van der Waals surface area contributed by atoms with Crippen molar-refractivity contribution in [3.63, 3.8) is 0 Å². The molecule has 1 aliphatic rings. The van der Waals surface area contributed by atoms with Crippen LogP contribution in [-0.2, 0) is 6.54 Å². The molecular weight excluding hydrogens is 444 g/mol. The number of nitrogens with one attached hydrogen (secondary N) is 1. The van der Waals surface area contributed by atoms with Gasteiger partial charge in [0.1, 0.15) is 11.6 Å². The molecule has 3 aromatic rings. The number of oxazole rings is 1. The minimum absolute atomic E-state index is 0.0168. The number of hydrogen-bond acceptors (Lipinski definition) is 6. The number of amides is 1. The first-order chi connectivity index (χ1) is 16.4. The average molecular weight is 472 g/mol. The van der Waals surface area contributed by atoms with Gasteiger partial charge in [-0.05, 0) is 49.4 Å². The summed E-state index contributed by atoms with van der Waals surface area (Å²) in [6, 6.07) is 7.87. The fraction of sp³-hybridized carbons (Fsp3) is 0.360. The standard InChI is InChI=1S/C25H27F2N3O4/c1-3-19(28)23-22(24(31)29-12-16-6-8-17(26)11-18(16)27)30-25(34-23)15-7-9-20(32-2)21(10-15)33-13-14-4-5-14/h6-11,14,19H,3-5,12-13,28H2,1-2H3,(H,29,31)/t19-/m0/s1. The Labute approximate surface area is 196 Å². The van der Waals surface area contributed by atoms with Gasteiger partial charge in [0.25, 0.3) is 5.91 Å². The molecule has 0 radical (unpaired) electrons. The van der Waals surface area contributed by atoms with Gasteiger partial charge in [0.15, 0.2) is 23.0 Å². The highest BCUT2D eigenvalue weighted by atomic mass is 19.1. The van der Waals surface area contributed by atoms with Crippen LogP contribution in [0.3, 0.4) is 0 Å². The van der Waals surface area contributed by atoms with E-state index >= 15 is 0 Å². The number of hydrogen-bond donors (Lipinski definition) is 2. The smallest absolute Gasteiger partial charge is 0.273 e. The Balaban J connectivity index is 1.59. The molecule has 1 saturated carbocycles. The van der Waals surface area contributed by atoms with Crippen LogP contribution in [0.15, 0.2) is 40.8 Å². The Hall–Kier alpha value is -3.46. The maximum Gasteiger partial charge on any atom is 0.273 e. The summed E-state index contributed by atoms with van der Waals surface area (Å²) >= 11 is 0. The van der Waals surface area contributed by atoms with E-state index in [-0.39, 0.29) is 29.5 Å². The van der Waals surface area contributed by atoms with Gasteiger partial charge in [-0.25, -0.2) is 13.8 Å². The van der Waals surface area contributed by atoms with Gasteiger partial charge in [0, 0.05) is 23.7 Å². The first kappa shape index (κ1) is 23.7. The van der Waals surface area contributed by atoms with Gasteiger partial charge in [0.05, 0.1) is 19.8 Å². The summed E-state index contributed by atoms with van der Waals surface area (Å²) in [6.45, 7) is 2.32. The van der Waals surface area contributed by atoms with Crippen molar-refractivity contribution < 1.29 is 27.5 Å². The number of benzene rings is 2. The fourth-order valence-electron chi connectivity index (χ4n) is 3.39. The van der Waals surface area contributed by atoms with Gasteiger partial charge >= 0.3 is 0 Å². The number of rotatable bonds is 10. The van der Waals surface area contributed by atoms with E-state index in [0.717, 1.165) is 25.0 Å². The minimum atomic E-state index is -0.747. The lowest BCUT2D eigenvalue weighted by Crippen LogP contribution is -2.26. The lowest BCUT2D eigenvalue weighted by molar-refractivity contribution is 0.0943.